The van der Waals surface area contributed by atoms with Crippen molar-refractivity contribution in [2.24, 2.45) is 7.05 Å². The van der Waals surface area contributed by atoms with Crippen molar-refractivity contribution in [1.82, 2.24) is 15.1 Å². The molecule has 0 aliphatic carbocycles. The number of rotatable bonds is 4. The fraction of sp³-hybridized carbons (Fsp3) is 0.267. The van der Waals surface area contributed by atoms with Gasteiger partial charge in [-0.1, -0.05) is 6.07 Å². The summed E-state index contributed by atoms with van der Waals surface area (Å²) in [7, 11) is 1.85. The normalized spacial score (nSPS) is 10.1. The van der Waals surface area contributed by atoms with Gasteiger partial charge in [0.15, 0.2) is 0 Å². The lowest BCUT2D eigenvalue weighted by atomic mass is 10.2. The molecule has 22 heavy (non-hydrogen) atoms. The average Bonchev–Trinajstić information content (AvgIpc) is 2.76. The van der Waals surface area contributed by atoms with Crippen LogP contribution in [0.3, 0.4) is 0 Å². The van der Waals surface area contributed by atoms with E-state index >= 15 is 0 Å². The Bertz CT molecular complexity index is 693. The molecule has 1 heterocycles. The first kappa shape index (κ1) is 15.6. The van der Waals surface area contributed by atoms with Crippen LogP contribution in [0, 0.1) is 6.92 Å². The van der Waals surface area contributed by atoms with Gasteiger partial charge in [0.2, 0.25) is 5.91 Å². The lowest BCUT2D eigenvalue weighted by Crippen LogP contribution is -2.28. The molecule has 3 amide bonds. The number of nitrogens with one attached hydrogen (secondary N) is 3. The minimum atomic E-state index is -0.316. The average molecular weight is 301 g/mol. The summed E-state index contributed by atoms with van der Waals surface area (Å²) in [6.45, 7) is 3.78. The van der Waals surface area contributed by atoms with Gasteiger partial charge in [-0.05, 0) is 25.1 Å². The topological polar surface area (TPSA) is 88.1 Å². The van der Waals surface area contributed by atoms with Crippen LogP contribution in [0.1, 0.15) is 18.2 Å². The lowest BCUT2D eigenvalue weighted by molar-refractivity contribution is -0.114. The molecule has 0 radical (unpaired) electrons. The molecule has 1 aromatic heterocycles. The van der Waals surface area contributed by atoms with Crippen molar-refractivity contribution in [2.75, 3.05) is 10.6 Å². The van der Waals surface area contributed by atoms with Crippen molar-refractivity contribution in [3.05, 3.63) is 41.7 Å². The number of hydrogen-bond donors (Lipinski definition) is 3. The van der Waals surface area contributed by atoms with Crippen LogP contribution in [0.5, 0.6) is 0 Å². The van der Waals surface area contributed by atoms with Crippen molar-refractivity contribution in [3.8, 4) is 0 Å². The third-order valence-corrected chi connectivity index (χ3v) is 3.22. The molecule has 116 valence electrons. The fourth-order valence-corrected chi connectivity index (χ4v) is 1.95. The van der Waals surface area contributed by atoms with E-state index in [1.54, 1.807) is 35.1 Å². The predicted octanol–water partition coefficient (Wildman–Crippen LogP) is 2.01. The molecular weight excluding hydrogens is 282 g/mol. The Morgan fingerprint density at radius 1 is 1.23 bits per heavy atom. The SMILES string of the molecule is CC(=O)Nc1cccc(NC(=O)NCc2cnn(C)c2C)c1. The minimum Gasteiger partial charge on any atom is -0.334 e. The van der Waals surface area contributed by atoms with E-state index in [1.807, 2.05) is 14.0 Å². The first-order valence-corrected chi connectivity index (χ1v) is 6.85. The van der Waals surface area contributed by atoms with E-state index in [0.717, 1.165) is 11.3 Å². The molecule has 3 N–H and O–H groups in total. The molecule has 0 spiro atoms. The Hall–Kier alpha value is -2.83. The van der Waals surface area contributed by atoms with E-state index in [2.05, 4.69) is 21.0 Å². The predicted molar refractivity (Wildman–Crippen MR) is 84.5 cm³/mol. The van der Waals surface area contributed by atoms with Crippen LogP contribution in [-0.4, -0.2) is 21.7 Å². The van der Waals surface area contributed by atoms with Crippen LogP contribution in [0.2, 0.25) is 0 Å². The van der Waals surface area contributed by atoms with Gasteiger partial charge in [-0.3, -0.25) is 9.48 Å². The summed E-state index contributed by atoms with van der Waals surface area (Å²) in [5, 5.41) is 12.3. The summed E-state index contributed by atoms with van der Waals surface area (Å²) >= 11 is 0. The first-order chi connectivity index (χ1) is 10.5. The van der Waals surface area contributed by atoms with Crippen molar-refractivity contribution >= 4 is 23.3 Å². The quantitative estimate of drug-likeness (QED) is 0.807. The molecule has 0 saturated heterocycles. The number of aromatic nitrogens is 2. The summed E-state index contributed by atoms with van der Waals surface area (Å²) < 4.78 is 1.76. The Balaban J connectivity index is 1.92. The number of hydrogen-bond acceptors (Lipinski definition) is 3. The lowest BCUT2D eigenvalue weighted by Gasteiger charge is -2.09. The zero-order valence-corrected chi connectivity index (χ0v) is 12.8. The van der Waals surface area contributed by atoms with Crippen LogP contribution < -0.4 is 16.0 Å². The van der Waals surface area contributed by atoms with E-state index in [-0.39, 0.29) is 11.9 Å². The van der Waals surface area contributed by atoms with Crippen molar-refractivity contribution in [3.63, 3.8) is 0 Å². The van der Waals surface area contributed by atoms with E-state index in [9.17, 15) is 9.59 Å². The zero-order valence-electron chi connectivity index (χ0n) is 12.8. The van der Waals surface area contributed by atoms with Crippen LogP contribution in [0.15, 0.2) is 30.5 Å². The maximum Gasteiger partial charge on any atom is 0.319 e. The molecule has 0 fully saturated rings. The molecule has 0 saturated carbocycles. The van der Waals surface area contributed by atoms with Crippen LogP contribution in [0.4, 0.5) is 16.2 Å². The number of anilines is 2. The molecule has 0 bridgehead atoms. The molecule has 1 aromatic carbocycles. The maximum atomic E-state index is 11.9. The van der Waals surface area contributed by atoms with Gasteiger partial charge in [0.25, 0.3) is 0 Å². The maximum absolute atomic E-state index is 11.9. The zero-order chi connectivity index (χ0) is 16.1. The second-order valence-corrected chi connectivity index (χ2v) is 4.95. The molecule has 2 rings (SSSR count). The molecular formula is C15H19N5O2. The van der Waals surface area contributed by atoms with E-state index in [1.165, 1.54) is 6.92 Å². The summed E-state index contributed by atoms with van der Waals surface area (Å²) in [6, 6.07) is 6.63. The number of carbonyl (C=O) groups is 2. The number of amides is 3. The Labute approximate surface area is 128 Å². The molecule has 7 heteroatoms. The Kier molecular flexibility index (Phi) is 4.77. The van der Waals surface area contributed by atoms with Gasteiger partial charge in [0.1, 0.15) is 0 Å². The second-order valence-electron chi connectivity index (χ2n) is 4.95. The van der Waals surface area contributed by atoms with Gasteiger partial charge in [0, 0.05) is 43.1 Å². The Morgan fingerprint density at radius 2 is 1.91 bits per heavy atom. The van der Waals surface area contributed by atoms with Gasteiger partial charge >= 0.3 is 6.03 Å². The largest absolute Gasteiger partial charge is 0.334 e. The summed E-state index contributed by atoms with van der Waals surface area (Å²) in [6.07, 6.45) is 1.73. The number of aryl methyl sites for hydroxylation is 1. The standard InChI is InChI=1S/C15H19N5O2/c1-10-12(9-17-20(10)3)8-16-15(22)19-14-6-4-5-13(7-14)18-11(2)21/h4-7,9H,8H2,1-3H3,(H,18,21)(H2,16,19,22). The fourth-order valence-electron chi connectivity index (χ4n) is 1.95. The highest BCUT2D eigenvalue weighted by Gasteiger charge is 2.06. The van der Waals surface area contributed by atoms with E-state index in [4.69, 9.17) is 0 Å². The van der Waals surface area contributed by atoms with Crippen molar-refractivity contribution in [2.45, 2.75) is 20.4 Å². The molecule has 0 aliphatic heterocycles. The van der Waals surface area contributed by atoms with Crippen LogP contribution in [0.25, 0.3) is 0 Å². The molecule has 0 unspecified atom stereocenters. The summed E-state index contributed by atoms with van der Waals surface area (Å²) in [4.78, 5) is 22.9. The van der Waals surface area contributed by atoms with Gasteiger partial charge in [-0.2, -0.15) is 5.10 Å². The smallest absolute Gasteiger partial charge is 0.319 e. The van der Waals surface area contributed by atoms with Gasteiger partial charge in [-0.15, -0.1) is 0 Å². The van der Waals surface area contributed by atoms with Crippen molar-refractivity contribution in [1.29, 1.82) is 0 Å². The van der Waals surface area contributed by atoms with Gasteiger partial charge in [0.05, 0.1) is 6.20 Å². The second kappa shape index (κ2) is 6.75. The molecule has 0 aliphatic rings. The number of benzene rings is 1. The van der Waals surface area contributed by atoms with Crippen LogP contribution >= 0.6 is 0 Å². The first-order valence-electron chi connectivity index (χ1n) is 6.85. The summed E-state index contributed by atoms with van der Waals surface area (Å²) in [5.74, 6) is -0.159. The highest BCUT2D eigenvalue weighted by atomic mass is 16.2. The highest BCUT2D eigenvalue weighted by Crippen LogP contribution is 2.15. The molecule has 0 atom stereocenters. The monoisotopic (exact) mass is 301 g/mol. The Morgan fingerprint density at radius 3 is 2.50 bits per heavy atom. The number of urea groups is 1. The summed E-state index contributed by atoms with van der Waals surface area (Å²) in [5.41, 5.74) is 3.21. The van der Waals surface area contributed by atoms with E-state index in [0.29, 0.717) is 17.9 Å². The van der Waals surface area contributed by atoms with Crippen molar-refractivity contribution < 1.29 is 9.59 Å². The van der Waals surface area contributed by atoms with Gasteiger partial charge in [-0.25, -0.2) is 4.79 Å². The van der Waals surface area contributed by atoms with E-state index < -0.39 is 0 Å². The third kappa shape index (κ3) is 4.08. The highest BCUT2D eigenvalue weighted by molar-refractivity contribution is 5.92. The van der Waals surface area contributed by atoms with Gasteiger partial charge < -0.3 is 16.0 Å². The minimum absolute atomic E-state index is 0.159. The number of nitrogens with zero attached hydrogens (tertiary/aromatic N) is 2. The number of carbonyl (C=O) groups excluding carboxylic acids is 2. The van der Waals surface area contributed by atoms with Crippen LogP contribution in [-0.2, 0) is 18.4 Å². The molecule has 7 nitrogen and oxygen atoms in total. The molecule has 2 aromatic rings. The third-order valence-electron chi connectivity index (χ3n) is 3.22.